The molecule has 2 atom stereocenters. The van der Waals surface area contributed by atoms with Gasteiger partial charge in [-0.1, -0.05) is 48.5 Å². The summed E-state index contributed by atoms with van der Waals surface area (Å²) in [5.74, 6) is -4.09. The number of benzene rings is 2. The van der Waals surface area contributed by atoms with Crippen LogP contribution in [0.5, 0.6) is 0 Å². The van der Waals surface area contributed by atoms with E-state index in [2.05, 4.69) is 5.32 Å². The van der Waals surface area contributed by atoms with Crippen LogP contribution < -0.4 is 5.32 Å². The Kier molecular flexibility index (Phi) is 8.23. The fraction of sp³-hybridized carbons (Fsp3) is 0.448. The van der Waals surface area contributed by atoms with Gasteiger partial charge in [-0.05, 0) is 55.9 Å². The Balaban J connectivity index is 1.46. The average molecular weight is 561 g/mol. The summed E-state index contributed by atoms with van der Waals surface area (Å²) in [5.41, 5.74) is 3.04. The molecule has 0 spiro atoms. The smallest absolute Gasteiger partial charge is 0.458 e. The highest BCUT2D eigenvalue weighted by Gasteiger charge is 2.48. The summed E-state index contributed by atoms with van der Waals surface area (Å²) in [5, 5.41) is 2.36. The van der Waals surface area contributed by atoms with Gasteiger partial charge in [0.25, 0.3) is 0 Å². The van der Waals surface area contributed by atoms with Crippen molar-refractivity contribution in [3.8, 4) is 11.1 Å². The molecule has 2 aromatic rings. The number of amides is 2. The van der Waals surface area contributed by atoms with Crippen LogP contribution in [0.3, 0.4) is 0 Å². The minimum absolute atomic E-state index is 0.0205. The van der Waals surface area contributed by atoms with Gasteiger partial charge in [-0.3, -0.25) is 9.59 Å². The average Bonchev–Trinajstić information content (AvgIpc) is 3.48. The highest BCUT2D eigenvalue weighted by Crippen LogP contribution is 2.44. The second-order valence-corrected chi connectivity index (χ2v) is 10.9. The van der Waals surface area contributed by atoms with Crippen molar-refractivity contribution in [3.05, 3.63) is 59.7 Å². The van der Waals surface area contributed by atoms with Gasteiger partial charge >= 0.3 is 24.1 Å². The van der Waals surface area contributed by atoms with Gasteiger partial charge in [0.15, 0.2) is 5.78 Å². The number of nitrogens with one attached hydrogen (secondary N) is 1. The maximum atomic E-state index is 13.0. The second-order valence-electron chi connectivity index (χ2n) is 10.9. The Hall–Kier alpha value is -3.89. The third kappa shape index (κ3) is 6.46. The van der Waals surface area contributed by atoms with E-state index >= 15 is 0 Å². The van der Waals surface area contributed by atoms with E-state index in [-0.39, 0.29) is 31.9 Å². The molecule has 0 aromatic heterocycles. The number of ketones is 1. The standard InChI is InChI=1S/C29H31F3N2O6/c1-28(2,3)40-25(36)22(15-24(35)23-13-8-14-34(23)26(37)29(30,31)32)33-27(38)39-16-21-19-11-6-4-9-17(19)18-10-5-7-12-20(18)21/h4-7,9-12,21-23H,8,13-16H2,1-3H3,(H,33,38)/t22-,23-/m0/s1. The number of rotatable bonds is 7. The normalized spacial score (nSPS) is 17.6. The summed E-state index contributed by atoms with van der Waals surface area (Å²) in [4.78, 5) is 51.1. The molecule has 0 unspecified atom stereocenters. The molecule has 214 valence electrons. The number of carbonyl (C=O) groups is 4. The fourth-order valence-electron chi connectivity index (χ4n) is 5.19. The number of ether oxygens (including phenoxy) is 2. The molecule has 2 amide bonds. The number of alkyl carbamates (subject to hydrolysis) is 1. The first-order chi connectivity index (χ1) is 18.8. The number of Topliss-reactive ketones (excluding diaryl/α,β-unsaturated/α-hetero) is 1. The molecule has 2 aromatic carbocycles. The van der Waals surface area contributed by atoms with Crippen LogP contribution in [0.25, 0.3) is 11.1 Å². The van der Waals surface area contributed by atoms with E-state index in [9.17, 15) is 32.3 Å². The lowest BCUT2D eigenvalue weighted by atomic mass is 9.98. The van der Waals surface area contributed by atoms with Crippen molar-refractivity contribution in [2.24, 2.45) is 0 Å². The van der Waals surface area contributed by atoms with Gasteiger partial charge in [-0.15, -0.1) is 0 Å². The number of nitrogens with zero attached hydrogens (tertiary/aromatic N) is 1. The van der Waals surface area contributed by atoms with Crippen molar-refractivity contribution < 1.29 is 41.8 Å². The van der Waals surface area contributed by atoms with Crippen molar-refractivity contribution in [1.82, 2.24) is 10.2 Å². The van der Waals surface area contributed by atoms with Crippen LogP contribution in [0.4, 0.5) is 18.0 Å². The molecule has 4 rings (SSSR count). The topological polar surface area (TPSA) is 102 Å². The number of fused-ring (bicyclic) bond motifs is 3. The summed E-state index contributed by atoms with van der Waals surface area (Å²) in [6, 6.07) is 12.6. The highest BCUT2D eigenvalue weighted by molar-refractivity contribution is 5.95. The van der Waals surface area contributed by atoms with Gasteiger partial charge in [0.05, 0.1) is 6.04 Å². The minimum atomic E-state index is -5.13. The number of likely N-dealkylation sites (tertiary alicyclic amines) is 1. The molecule has 40 heavy (non-hydrogen) atoms. The zero-order valence-corrected chi connectivity index (χ0v) is 22.4. The fourth-order valence-corrected chi connectivity index (χ4v) is 5.19. The molecular weight excluding hydrogens is 529 g/mol. The number of carbonyl (C=O) groups excluding carboxylic acids is 4. The minimum Gasteiger partial charge on any atom is -0.458 e. The number of hydrogen-bond donors (Lipinski definition) is 1. The van der Waals surface area contributed by atoms with E-state index in [4.69, 9.17) is 9.47 Å². The summed E-state index contributed by atoms with van der Waals surface area (Å²) in [6.07, 6.45) is -6.56. The van der Waals surface area contributed by atoms with Crippen molar-refractivity contribution in [2.75, 3.05) is 13.2 Å². The lowest BCUT2D eigenvalue weighted by molar-refractivity contribution is -0.186. The van der Waals surface area contributed by atoms with Crippen molar-refractivity contribution in [1.29, 1.82) is 0 Å². The summed E-state index contributed by atoms with van der Waals surface area (Å²) < 4.78 is 49.9. The Labute approximate surface area is 229 Å². The van der Waals surface area contributed by atoms with Crippen molar-refractivity contribution in [3.63, 3.8) is 0 Å². The maximum absolute atomic E-state index is 13.0. The molecule has 8 nitrogen and oxygen atoms in total. The molecule has 1 saturated heterocycles. The van der Waals surface area contributed by atoms with Crippen LogP contribution >= 0.6 is 0 Å². The number of halogens is 3. The van der Waals surface area contributed by atoms with Gasteiger partial charge in [-0.25, -0.2) is 9.59 Å². The van der Waals surface area contributed by atoms with Crippen LogP contribution in [-0.2, 0) is 23.9 Å². The van der Waals surface area contributed by atoms with Gasteiger partial charge in [0, 0.05) is 18.9 Å². The summed E-state index contributed by atoms with van der Waals surface area (Å²) in [6.45, 7) is 4.50. The van der Waals surface area contributed by atoms with Crippen LogP contribution in [0, 0.1) is 0 Å². The zero-order valence-electron chi connectivity index (χ0n) is 22.4. The third-order valence-corrected chi connectivity index (χ3v) is 6.86. The maximum Gasteiger partial charge on any atom is 0.471 e. The third-order valence-electron chi connectivity index (χ3n) is 6.86. The van der Waals surface area contributed by atoms with E-state index < -0.39 is 54.0 Å². The van der Waals surface area contributed by atoms with Gasteiger partial charge < -0.3 is 19.7 Å². The molecule has 0 bridgehead atoms. The number of hydrogen-bond acceptors (Lipinski definition) is 6. The molecule has 0 radical (unpaired) electrons. The monoisotopic (exact) mass is 560 g/mol. The molecule has 1 heterocycles. The summed E-state index contributed by atoms with van der Waals surface area (Å²) >= 11 is 0. The Bertz CT molecular complexity index is 1260. The largest absolute Gasteiger partial charge is 0.471 e. The first-order valence-electron chi connectivity index (χ1n) is 13.0. The molecule has 0 saturated carbocycles. The Morgan fingerprint density at radius 1 is 0.975 bits per heavy atom. The molecule has 11 heteroatoms. The molecule has 2 aliphatic rings. The van der Waals surface area contributed by atoms with E-state index in [1.54, 1.807) is 20.8 Å². The quantitative estimate of drug-likeness (QED) is 0.491. The second kappa shape index (κ2) is 11.3. The van der Waals surface area contributed by atoms with Crippen LogP contribution in [0.2, 0.25) is 0 Å². The van der Waals surface area contributed by atoms with Crippen LogP contribution in [-0.4, -0.2) is 65.7 Å². The molecule has 1 aliphatic heterocycles. The first-order valence-corrected chi connectivity index (χ1v) is 13.0. The molecular formula is C29H31F3N2O6. The lowest BCUT2D eigenvalue weighted by Crippen LogP contribution is -2.50. The SMILES string of the molecule is CC(C)(C)OC(=O)[C@H](CC(=O)[C@@H]1CCCN1C(=O)C(F)(F)F)NC(=O)OCC1c2ccccc2-c2ccccc21. The molecule has 1 N–H and O–H groups in total. The highest BCUT2D eigenvalue weighted by atomic mass is 19.4. The van der Waals surface area contributed by atoms with Crippen molar-refractivity contribution >= 4 is 23.8 Å². The predicted molar refractivity (Wildman–Crippen MR) is 138 cm³/mol. The van der Waals surface area contributed by atoms with Gasteiger partial charge in [0.2, 0.25) is 0 Å². The molecule has 1 aliphatic carbocycles. The van der Waals surface area contributed by atoms with E-state index in [1.807, 2.05) is 48.5 Å². The first kappa shape index (κ1) is 29.1. The Morgan fingerprint density at radius 2 is 1.55 bits per heavy atom. The number of esters is 1. The van der Waals surface area contributed by atoms with Gasteiger partial charge in [-0.2, -0.15) is 13.2 Å². The number of alkyl halides is 3. The van der Waals surface area contributed by atoms with Gasteiger partial charge in [0.1, 0.15) is 18.2 Å². The zero-order chi connectivity index (χ0) is 29.2. The van der Waals surface area contributed by atoms with E-state index in [1.165, 1.54) is 0 Å². The van der Waals surface area contributed by atoms with E-state index in [0.29, 0.717) is 4.90 Å². The van der Waals surface area contributed by atoms with Crippen LogP contribution in [0.15, 0.2) is 48.5 Å². The van der Waals surface area contributed by atoms with Crippen LogP contribution in [0.1, 0.15) is 57.1 Å². The Morgan fingerprint density at radius 3 is 2.10 bits per heavy atom. The molecule has 1 fully saturated rings. The summed E-state index contributed by atoms with van der Waals surface area (Å²) in [7, 11) is 0. The van der Waals surface area contributed by atoms with E-state index in [0.717, 1.165) is 22.3 Å². The van der Waals surface area contributed by atoms with Crippen molar-refractivity contribution in [2.45, 2.75) is 69.8 Å². The lowest BCUT2D eigenvalue weighted by Gasteiger charge is -2.27. The predicted octanol–water partition coefficient (Wildman–Crippen LogP) is 4.75.